The molecule has 3 N–H and O–H groups in total. The van der Waals surface area contributed by atoms with Crippen LogP contribution >= 0.6 is 0 Å². The van der Waals surface area contributed by atoms with Gasteiger partial charge in [0.15, 0.2) is 5.82 Å². The molecular weight excluding hydrogens is 513 g/mol. The number of hydrogen-bond donors (Lipinski definition) is 3. The third-order valence-electron chi connectivity index (χ3n) is 6.11. The first-order valence-electron chi connectivity index (χ1n) is 12.9. The number of halogens is 1. The molecule has 0 atom stereocenters. The lowest BCUT2D eigenvalue weighted by molar-refractivity contribution is 0.0950. The fourth-order valence-corrected chi connectivity index (χ4v) is 4.07. The van der Waals surface area contributed by atoms with Crippen LogP contribution in [0.3, 0.4) is 0 Å². The second kappa shape index (κ2) is 13.9. The van der Waals surface area contributed by atoms with E-state index in [1.807, 2.05) is 19.2 Å². The van der Waals surface area contributed by atoms with E-state index < -0.39 is 0 Å². The SMILES string of the molecule is CN(CCCCNC(=O)Nc1cc(C(=O)NCc2ccccn2)cc(-c2nnnn2C)c1)Cc1ccc(F)cc1. The van der Waals surface area contributed by atoms with Crippen molar-refractivity contribution in [2.24, 2.45) is 7.05 Å². The minimum atomic E-state index is -0.382. The highest BCUT2D eigenvalue weighted by Gasteiger charge is 2.15. The number of carbonyl (C=O) groups is 2. The fourth-order valence-electron chi connectivity index (χ4n) is 4.07. The van der Waals surface area contributed by atoms with Crippen molar-refractivity contribution in [3.05, 3.63) is 89.5 Å². The predicted molar refractivity (Wildman–Crippen MR) is 149 cm³/mol. The highest BCUT2D eigenvalue weighted by molar-refractivity contribution is 5.98. The van der Waals surface area contributed by atoms with E-state index in [1.54, 1.807) is 49.6 Å². The number of nitrogens with one attached hydrogen (secondary N) is 3. The van der Waals surface area contributed by atoms with E-state index in [0.717, 1.165) is 37.2 Å². The molecule has 0 unspecified atom stereocenters. The average molecular weight is 546 g/mol. The number of urea groups is 1. The second-order valence-corrected chi connectivity index (χ2v) is 9.38. The molecule has 0 aliphatic rings. The molecule has 0 saturated heterocycles. The zero-order valence-electron chi connectivity index (χ0n) is 22.5. The fraction of sp³-hybridized carbons (Fsp3) is 0.286. The van der Waals surface area contributed by atoms with Crippen LogP contribution in [0.2, 0.25) is 0 Å². The molecule has 0 aliphatic carbocycles. The van der Waals surface area contributed by atoms with E-state index >= 15 is 0 Å². The van der Waals surface area contributed by atoms with Crippen molar-refractivity contribution in [3.63, 3.8) is 0 Å². The predicted octanol–water partition coefficient (Wildman–Crippen LogP) is 3.37. The van der Waals surface area contributed by atoms with Gasteiger partial charge in [0.1, 0.15) is 5.82 Å². The molecule has 4 aromatic rings. The number of pyridine rings is 1. The van der Waals surface area contributed by atoms with Gasteiger partial charge >= 0.3 is 6.03 Å². The van der Waals surface area contributed by atoms with Crippen molar-refractivity contribution in [2.45, 2.75) is 25.9 Å². The Balaban J connectivity index is 1.30. The summed E-state index contributed by atoms with van der Waals surface area (Å²) in [4.78, 5) is 31.9. The van der Waals surface area contributed by atoms with E-state index in [-0.39, 0.29) is 24.3 Å². The maximum absolute atomic E-state index is 13.1. The van der Waals surface area contributed by atoms with E-state index in [0.29, 0.717) is 29.2 Å². The molecule has 0 aliphatic heterocycles. The van der Waals surface area contributed by atoms with Gasteiger partial charge in [-0.3, -0.25) is 9.78 Å². The van der Waals surface area contributed by atoms with Crippen LogP contribution in [-0.4, -0.2) is 62.2 Å². The number of unbranched alkanes of at least 4 members (excludes halogenated alkanes) is 1. The van der Waals surface area contributed by atoms with Crippen LogP contribution in [0, 0.1) is 5.82 Å². The molecule has 2 heterocycles. The summed E-state index contributed by atoms with van der Waals surface area (Å²) >= 11 is 0. The molecule has 0 bridgehead atoms. The normalized spacial score (nSPS) is 10.9. The number of aromatic nitrogens is 5. The van der Waals surface area contributed by atoms with Gasteiger partial charge in [0.05, 0.1) is 12.2 Å². The zero-order chi connectivity index (χ0) is 28.3. The Morgan fingerprint density at radius 3 is 2.58 bits per heavy atom. The minimum absolute atomic E-state index is 0.242. The van der Waals surface area contributed by atoms with Gasteiger partial charge in [-0.25, -0.2) is 13.9 Å². The Bertz CT molecular complexity index is 1410. The first kappa shape index (κ1) is 28.3. The van der Waals surface area contributed by atoms with Gasteiger partial charge in [-0.2, -0.15) is 0 Å². The number of anilines is 1. The molecule has 0 fully saturated rings. The highest BCUT2D eigenvalue weighted by Crippen LogP contribution is 2.23. The lowest BCUT2D eigenvalue weighted by Crippen LogP contribution is -2.30. The number of benzene rings is 2. The van der Waals surface area contributed by atoms with Crippen molar-refractivity contribution in [1.82, 2.24) is 40.7 Å². The number of nitrogens with zero attached hydrogens (tertiary/aromatic N) is 6. The highest BCUT2D eigenvalue weighted by atomic mass is 19.1. The quantitative estimate of drug-likeness (QED) is 0.233. The molecular formula is C28H32FN9O2. The largest absolute Gasteiger partial charge is 0.346 e. The summed E-state index contributed by atoms with van der Waals surface area (Å²) in [5.41, 5.74) is 3.13. The summed E-state index contributed by atoms with van der Waals surface area (Å²) < 4.78 is 14.6. The summed E-state index contributed by atoms with van der Waals surface area (Å²) in [6, 6.07) is 16.6. The summed E-state index contributed by atoms with van der Waals surface area (Å²) in [7, 11) is 3.70. The van der Waals surface area contributed by atoms with Crippen LogP contribution in [0.15, 0.2) is 66.9 Å². The first-order chi connectivity index (χ1) is 19.4. The van der Waals surface area contributed by atoms with Crippen LogP contribution in [0.25, 0.3) is 11.4 Å². The number of rotatable bonds is 12. The molecule has 0 saturated carbocycles. The summed E-state index contributed by atoms with van der Waals surface area (Å²) in [5, 5.41) is 20.1. The van der Waals surface area contributed by atoms with Crippen LogP contribution in [0.1, 0.15) is 34.5 Å². The monoisotopic (exact) mass is 545 g/mol. The first-order valence-corrected chi connectivity index (χ1v) is 12.9. The van der Waals surface area contributed by atoms with Crippen molar-refractivity contribution < 1.29 is 14.0 Å². The molecule has 3 amide bonds. The number of amides is 3. The zero-order valence-corrected chi connectivity index (χ0v) is 22.5. The molecule has 2 aromatic carbocycles. The molecule has 12 heteroatoms. The maximum atomic E-state index is 13.1. The van der Waals surface area contributed by atoms with Crippen molar-refractivity contribution in [3.8, 4) is 11.4 Å². The van der Waals surface area contributed by atoms with Gasteiger partial charge in [-0.1, -0.05) is 18.2 Å². The Morgan fingerprint density at radius 1 is 1.02 bits per heavy atom. The average Bonchev–Trinajstić information content (AvgIpc) is 3.39. The number of hydrogen-bond acceptors (Lipinski definition) is 7. The number of carbonyl (C=O) groups excluding carboxylic acids is 2. The Morgan fingerprint density at radius 2 is 1.85 bits per heavy atom. The van der Waals surface area contributed by atoms with Gasteiger partial charge in [0.25, 0.3) is 5.91 Å². The van der Waals surface area contributed by atoms with Crippen LogP contribution in [-0.2, 0) is 20.1 Å². The molecule has 11 nitrogen and oxygen atoms in total. The van der Waals surface area contributed by atoms with E-state index in [1.165, 1.54) is 16.8 Å². The van der Waals surface area contributed by atoms with Gasteiger partial charge in [-0.15, -0.1) is 5.10 Å². The van der Waals surface area contributed by atoms with Crippen molar-refractivity contribution in [1.29, 1.82) is 0 Å². The molecule has 2 aromatic heterocycles. The molecule has 4 rings (SSSR count). The van der Waals surface area contributed by atoms with Gasteiger partial charge in [-0.05, 0) is 84.9 Å². The Labute approximate surface area is 231 Å². The van der Waals surface area contributed by atoms with E-state index in [4.69, 9.17) is 0 Å². The standard InChI is InChI=1S/C28H32FN9O2/c1-37(19-20-8-10-23(29)11-9-20)14-6-5-13-31-28(40)33-25-16-21(26-34-35-36-38(26)2)15-22(17-25)27(39)32-18-24-7-3-4-12-30-24/h3-4,7-12,15-17H,5-6,13-14,18-19H2,1-2H3,(H,32,39)(H2,31,33,40). The van der Waals surface area contributed by atoms with Crippen molar-refractivity contribution >= 4 is 17.6 Å². The van der Waals surface area contributed by atoms with Crippen LogP contribution in [0.5, 0.6) is 0 Å². The number of tetrazole rings is 1. The smallest absolute Gasteiger partial charge is 0.319 e. The maximum Gasteiger partial charge on any atom is 0.319 e. The van der Waals surface area contributed by atoms with Gasteiger partial charge in [0.2, 0.25) is 0 Å². The summed E-state index contributed by atoms with van der Waals surface area (Å²) in [6.45, 7) is 2.31. The Kier molecular flexibility index (Phi) is 9.83. The molecule has 0 spiro atoms. The minimum Gasteiger partial charge on any atom is -0.346 e. The second-order valence-electron chi connectivity index (χ2n) is 9.38. The molecule has 208 valence electrons. The van der Waals surface area contributed by atoms with E-state index in [2.05, 4.69) is 41.4 Å². The van der Waals surface area contributed by atoms with Gasteiger partial charge in [0, 0.05) is 43.1 Å². The number of aryl methyl sites for hydroxylation is 1. The van der Waals surface area contributed by atoms with Crippen LogP contribution < -0.4 is 16.0 Å². The topological polar surface area (TPSA) is 130 Å². The summed E-state index contributed by atoms with van der Waals surface area (Å²) in [6.07, 6.45) is 3.33. The molecule has 0 radical (unpaired) electrons. The third-order valence-corrected chi connectivity index (χ3v) is 6.11. The Hall–Kier alpha value is -4.71. The summed E-state index contributed by atoms with van der Waals surface area (Å²) in [5.74, 6) is -0.114. The van der Waals surface area contributed by atoms with E-state index in [9.17, 15) is 14.0 Å². The lowest BCUT2D eigenvalue weighted by atomic mass is 10.1. The van der Waals surface area contributed by atoms with Crippen LogP contribution in [0.4, 0.5) is 14.9 Å². The lowest BCUT2D eigenvalue weighted by Gasteiger charge is -2.16. The van der Waals surface area contributed by atoms with Crippen molar-refractivity contribution in [2.75, 3.05) is 25.5 Å². The molecule has 40 heavy (non-hydrogen) atoms. The van der Waals surface area contributed by atoms with Gasteiger partial charge < -0.3 is 20.9 Å². The third kappa shape index (κ3) is 8.40.